The minimum Gasteiger partial charge on any atom is -0.356 e. The van der Waals surface area contributed by atoms with Crippen LogP contribution in [0.2, 0.25) is 0 Å². The Morgan fingerprint density at radius 1 is 1.00 bits per heavy atom. The number of rotatable bonds is 4. The maximum absolute atomic E-state index is 12.6. The molecule has 0 aliphatic heterocycles. The van der Waals surface area contributed by atoms with Gasteiger partial charge in [-0.05, 0) is 26.8 Å². The van der Waals surface area contributed by atoms with E-state index in [0.717, 1.165) is 22.2 Å². The van der Waals surface area contributed by atoms with Crippen molar-refractivity contribution in [3.63, 3.8) is 0 Å². The quantitative estimate of drug-likeness (QED) is 0.797. The summed E-state index contributed by atoms with van der Waals surface area (Å²) in [4.78, 5) is 22.0. The summed E-state index contributed by atoms with van der Waals surface area (Å²) in [6.07, 6.45) is 0. The van der Waals surface area contributed by atoms with Crippen molar-refractivity contribution in [3.8, 4) is 11.4 Å². The number of carbonyl (C=O) groups is 1. The number of hydrogen-bond donors (Lipinski definition) is 1. The predicted octanol–water partition coefficient (Wildman–Crippen LogP) is 3.71. The van der Waals surface area contributed by atoms with Crippen LogP contribution in [0.3, 0.4) is 0 Å². The highest BCUT2D eigenvalue weighted by atomic mass is 16.2. The number of fused-ring (bicyclic) bond motifs is 1. The maximum Gasteiger partial charge on any atom is 0.231 e. The van der Waals surface area contributed by atoms with Crippen molar-refractivity contribution in [1.82, 2.24) is 15.3 Å². The van der Waals surface area contributed by atoms with Crippen LogP contribution >= 0.6 is 0 Å². The third-order valence-corrected chi connectivity index (χ3v) is 4.13. The Labute approximate surface area is 142 Å². The van der Waals surface area contributed by atoms with E-state index in [4.69, 9.17) is 4.98 Å². The van der Waals surface area contributed by atoms with Crippen LogP contribution in [0.25, 0.3) is 22.3 Å². The van der Waals surface area contributed by atoms with Crippen LogP contribution < -0.4 is 5.32 Å². The van der Waals surface area contributed by atoms with Crippen LogP contribution in [-0.4, -0.2) is 22.4 Å². The average molecular weight is 319 g/mol. The molecule has 1 N–H and O–H groups in total. The van der Waals surface area contributed by atoms with Gasteiger partial charge in [0.05, 0.1) is 16.6 Å². The van der Waals surface area contributed by atoms with Gasteiger partial charge in [-0.1, -0.05) is 48.5 Å². The second-order valence-electron chi connectivity index (χ2n) is 6.26. The Bertz CT molecular complexity index is 872. The second-order valence-corrected chi connectivity index (χ2v) is 6.26. The fraction of sp³-hybridized carbons (Fsp3) is 0.250. The highest BCUT2D eigenvalue weighted by Crippen LogP contribution is 2.30. The van der Waals surface area contributed by atoms with Gasteiger partial charge in [0.25, 0.3) is 0 Å². The first-order valence-corrected chi connectivity index (χ1v) is 8.15. The molecule has 4 heteroatoms. The molecule has 0 spiro atoms. The van der Waals surface area contributed by atoms with Gasteiger partial charge in [-0.15, -0.1) is 0 Å². The summed E-state index contributed by atoms with van der Waals surface area (Å²) in [6.45, 7) is 6.32. The zero-order chi connectivity index (χ0) is 17.2. The van der Waals surface area contributed by atoms with Crippen LogP contribution in [0.4, 0.5) is 0 Å². The number of benzene rings is 2. The lowest BCUT2D eigenvalue weighted by atomic mass is 9.85. The molecule has 3 rings (SSSR count). The summed E-state index contributed by atoms with van der Waals surface area (Å²) in [5.74, 6) is 0.606. The van der Waals surface area contributed by atoms with E-state index >= 15 is 0 Å². The van der Waals surface area contributed by atoms with Crippen LogP contribution in [-0.2, 0) is 10.2 Å². The van der Waals surface area contributed by atoms with Gasteiger partial charge in [0.2, 0.25) is 5.91 Å². The molecule has 0 saturated heterocycles. The maximum atomic E-state index is 12.6. The van der Waals surface area contributed by atoms with Crippen LogP contribution in [0, 0.1) is 0 Å². The second kappa shape index (κ2) is 6.40. The highest BCUT2D eigenvalue weighted by Gasteiger charge is 2.33. The molecule has 0 saturated carbocycles. The smallest absolute Gasteiger partial charge is 0.231 e. The van der Waals surface area contributed by atoms with Gasteiger partial charge in [-0.2, -0.15) is 0 Å². The zero-order valence-corrected chi connectivity index (χ0v) is 14.2. The summed E-state index contributed by atoms with van der Waals surface area (Å²) < 4.78 is 0. The Balaban J connectivity index is 2.24. The molecule has 0 aliphatic carbocycles. The first kappa shape index (κ1) is 16.1. The molecule has 1 amide bonds. The molecular weight excluding hydrogens is 298 g/mol. The van der Waals surface area contributed by atoms with Gasteiger partial charge in [-0.3, -0.25) is 4.79 Å². The van der Waals surface area contributed by atoms with E-state index in [9.17, 15) is 4.79 Å². The van der Waals surface area contributed by atoms with E-state index in [1.54, 1.807) is 0 Å². The Morgan fingerprint density at radius 3 is 2.38 bits per heavy atom. The molecule has 24 heavy (non-hydrogen) atoms. The molecular formula is C20H21N3O. The summed E-state index contributed by atoms with van der Waals surface area (Å²) in [7, 11) is 0. The van der Waals surface area contributed by atoms with Crippen LogP contribution in [0.15, 0.2) is 54.6 Å². The Kier molecular flexibility index (Phi) is 4.30. The minimum atomic E-state index is -0.748. The number of hydrogen-bond acceptors (Lipinski definition) is 3. The summed E-state index contributed by atoms with van der Waals surface area (Å²) in [6, 6.07) is 17.7. The summed E-state index contributed by atoms with van der Waals surface area (Å²) in [5, 5.41) is 3.82. The van der Waals surface area contributed by atoms with E-state index in [1.807, 2.05) is 75.4 Å². The molecule has 2 aromatic carbocycles. The van der Waals surface area contributed by atoms with Crippen molar-refractivity contribution in [3.05, 3.63) is 60.3 Å². The first-order chi connectivity index (χ1) is 11.5. The summed E-state index contributed by atoms with van der Waals surface area (Å²) >= 11 is 0. The number of para-hydroxylation sites is 1. The number of amides is 1. The fourth-order valence-electron chi connectivity index (χ4n) is 2.76. The molecule has 1 aromatic heterocycles. The van der Waals surface area contributed by atoms with Gasteiger partial charge in [0.15, 0.2) is 5.82 Å². The van der Waals surface area contributed by atoms with Crippen molar-refractivity contribution in [1.29, 1.82) is 0 Å². The van der Waals surface area contributed by atoms with Crippen molar-refractivity contribution in [2.24, 2.45) is 0 Å². The minimum absolute atomic E-state index is 0.0344. The number of carbonyl (C=O) groups excluding carboxylic acids is 1. The third-order valence-electron chi connectivity index (χ3n) is 4.13. The van der Waals surface area contributed by atoms with Gasteiger partial charge >= 0.3 is 0 Å². The monoisotopic (exact) mass is 319 g/mol. The SMILES string of the molecule is CCNC(=O)C(C)(C)c1nc(-c2ccccc2)nc2ccccc12. The molecule has 3 aromatic rings. The lowest BCUT2D eigenvalue weighted by Gasteiger charge is -2.24. The number of aromatic nitrogens is 2. The van der Waals surface area contributed by atoms with Crippen molar-refractivity contribution >= 4 is 16.8 Å². The lowest BCUT2D eigenvalue weighted by molar-refractivity contribution is -0.125. The van der Waals surface area contributed by atoms with E-state index in [2.05, 4.69) is 10.3 Å². The van der Waals surface area contributed by atoms with E-state index in [0.29, 0.717) is 12.4 Å². The first-order valence-electron chi connectivity index (χ1n) is 8.15. The van der Waals surface area contributed by atoms with Gasteiger partial charge < -0.3 is 5.32 Å². The lowest BCUT2D eigenvalue weighted by Crippen LogP contribution is -2.40. The molecule has 0 atom stereocenters. The van der Waals surface area contributed by atoms with E-state index in [-0.39, 0.29) is 5.91 Å². The molecule has 1 heterocycles. The van der Waals surface area contributed by atoms with Crippen molar-refractivity contribution < 1.29 is 4.79 Å². The Morgan fingerprint density at radius 2 is 1.67 bits per heavy atom. The largest absolute Gasteiger partial charge is 0.356 e. The van der Waals surface area contributed by atoms with Crippen molar-refractivity contribution in [2.45, 2.75) is 26.2 Å². The number of likely N-dealkylation sites (N-methyl/N-ethyl adjacent to an activating group) is 1. The molecule has 0 aliphatic rings. The number of nitrogens with one attached hydrogen (secondary N) is 1. The normalized spacial score (nSPS) is 11.5. The van der Waals surface area contributed by atoms with E-state index < -0.39 is 5.41 Å². The average Bonchev–Trinajstić information content (AvgIpc) is 2.61. The van der Waals surface area contributed by atoms with Crippen LogP contribution in [0.1, 0.15) is 26.5 Å². The number of nitrogens with zero attached hydrogens (tertiary/aromatic N) is 2. The zero-order valence-electron chi connectivity index (χ0n) is 14.2. The van der Waals surface area contributed by atoms with Gasteiger partial charge in [-0.25, -0.2) is 9.97 Å². The molecule has 4 nitrogen and oxygen atoms in total. The molecule has 122 valence electrons. The third kappa shape index (κ3) is 2.87. The Hall–Kier alpha value is -2.75. The van der Waals surface area contributed by atoms with Gasteiger partial charge in [0, 0.05) is 17.5 Å². The molecule has 0 unspecified atom stereocenters. The predicted molar refractivity (Wildman–Crippen MR) is 96.7 cm³/mol. The summed E-state index contributed by atoms with van der Waals surface area (Å²) in [5.41, 5.74) is 1.79. The van der Waals surface area contributed by atoms with Crippen molar-refractivity contribution in [2.75, 3.05) is 6.54 Å². The van der Waals surface area contributed by atoms with Gasteiger partial charge in [0.1, 0.15) is 0 Å². The molecule has 0 radical (unpaired) electrons. The molecule has 0 fully saturated rings. The fourth-order valence-corrected chi connectivity index (χ4v) is 2.76. The van der Waals surface area contributed by atoms with E-state index in [1.165, 1.54) is 0 Å². The van der Waals surface area contributed by atoms with Crippen LogP contribution in [0.5, 0.6) is 0 Å². The topological polar surface area (TPSA) is 54.9 Å². The molecule has 0 bridgehead atoms. The standard InChI is InChI=1S/C20H21N3O/c1-4-21-19(24)20(2,3)17-15-12-8-9-13-16(15)22-18(23-17)14-10-6-5-7-11-14/h5-13H,4H2,1-3H3,(H,21,24). The highest BCUT2D eigenvalue weighted by molar-refractivity contribution is 5.93.